The summed E-state index contributed by atoms with van der Waals surface area (Å²) in [6.45, 7) is 10.1. The maximum atomic E-state index is 11.4. The second kappa shape index (κ2) is 6.42. The lowest BCUT2D eigenvalue weighted by Gasteiger charge is -2.31. The number of carboxylic acid groups (broad SMARTS) is 1. The Morgan fingerprint density at radius 3 is 2.12 bits per heavy atom. The van der Waals surface area contributed by atoms with Gasteiger partial charge in [-0.05, 0) is 17.8 Å². The van der Waals surface area contributed by atoms with Crippen molar-refractivity contribution in [3.8, 4) is 0 Å². The first-order valence-corrected chi connectivity index (χ1v) is 5.74. The first-order chi connectivity index (χ1) is 7.62. The summed E-state index contributed by atoms with van der Waals surface area (Å²) in [5.74, 6) is -1.35. The normalized spacial score (nSPS) is 14.0. The number of carboxylic acids is 1. The second-order valence-electron chi connectivity index (χ2n) is 5.59. The summed E-state index contributed by atoms with van der Waals surface area (Å²) in [4.78, 5) is 21.7. The average Bonchev–Trinajstić information content (AvgIpc) is 2.11. The zero-order chi connectivity index (χ0) is 13.6. The minimum atomic E-state index is -1.15. The summed E-state index contributed by atoms with van der Waals surface area (Å²) in [6.07, 6.45) is 2.28. The van der Waals surface area contributed by atoms with Gasteiger partial charge in [-0.25, -0.2) is 9.59 Å². The van der Waals surface area contributed by atoms with Crippen LogP contribution in [0.2, 0.25) is 0 Å². The van der Waals surface area contributed by atoms with E-state index in [1.165, 1.54) is 0 Å². The SMILES string of the molecule is CC(C)CC(OC(=O)/C=C/C(=O)O)C(C)(C)C. The number of carbonyl (C=O) groups excluding carboxylic acids is 1. The molecule has 0 saturated carbocycles. The van der Waals surface area contributed by atoms with Crippen LogP contribution < -0.4 is 0 Å². The topological polar surface area (TPSA) is 63.6 Å². The molecule has 0 aromatic heterocycles. The molecule has 98 valence electrons. The molecule has 4 heteroatoms. The molecule has 0 aliphatic heterocycles. The molecule has 0 aliphatic rings. The third-order valence-electron chi connectivity index (χ3n) is 2.27. The lowest BCUT2D eigenvalue weighted by atomic mass is 9.84. The van der Waals surface area contributed by atoms with Crippen molar-refractivity contribution >= 4 is 11.9 Å². The van der Waals surface area contributed by atoms with Gasteiger partial charge in [0.2, 0.25) is 0 Å². The lowest BCUT2D eigenvalue weighted by Crippen LogP contribution is -2.32. The van der Waals surface area contributed by atoms with Gasteiger partial charge in [-0.2, -0.15) is 0 Å². The van der Waals surface area contributed by atoms with Crippen molar-refractivity contribution < 1.29 is 19.4 Å². The van der Waals surface area contributed by atoms with E-state index in [1.54, 1.807) is 0 Å². The van der Waals surface area contributed by atoms with Crippen LogP contribution in [0.5, 0.6) is 0 Å². The molecule has 0 aromatic carbocycles. The van der Waals surface area contributed by atoms with Crippen LogP contribution >= 0.6 is 0 Å². The van der Waals surface area contributed by atoms with Crippen LogP contribution in [0, 0.1) is 11.3 Å². The Morgan fingerprint density at radius 1 is 1.24 bits per heavy atom. The van der Waals surface area contributed by atoms with Crippen molar-refractivity contribution in [1.29, 1.82) is 0 Å². The molecular formula is C13H22O4. The molecule has 0 amide bonds. The molecule has 0 heterocycles. The van der Waals surface area contributed by atoms with E-state index in [9.17, 15) is 9.59 Å². The number of carbonyl (C=O) groups is 2. The molecule has 0 radical (unpaired) electrons. The van der Waals surface area contributed by atoms with E-state index in [-0.39, 0.29) is 11.5 Å². The Kier molecular flexibility index (Phi) is 5.93. The maximum Gasteiger partial charge on any atom is 0.331 e. The summed E-state index contributed by atoms with van der Waals surface area (Å²) in [5.41, 5.74) is -0.156. The summed E-state index contributed by atoms with van der Waals surface area (Å²) >= 11 is 0. The van der Waals surface area contributed by atoms with E-state index >= 15 is 0 Å². The standard InChI is InChI=1S/C13H22O4/c1-9(2)8-10(13(3,4)5)17-12(16)7-6-11(14)15/h6-7,9-10H,8H2,1-5H3,(H,14,15)/b7-6+. The van der Waals surface area contributed by atoms with E-state index in [1.807, 2.05) is 20.8 Å². The quantitative estimate of drug-likeness (QED) is 0.594. The highest BCUT2D eigenvalue weighted by Gasteiger charge is 2.28. The Bertz CT molecular complexity index is 297. The van der Waals surface area contributed by atoms with Crippen LogP contribution in [0.3, 0.4) is 0 Å². The highest BCUT2D eigenvalue weighted by Crippen LogP contribution is 2.27. The molecule has 1 N–H and O–H groups in total. The van der Waals surface area contributed by atoms with Crippen LogP contribution in [-0.4, -0.2) is 23.1 Å². The fraction of sp³-hybridized carbons (Fsp3) is 0.692. The Hall–Kier alpha value is -1.32. The smallest absolute Gasteiger partial charge is 0.331 e. The van der Waals surface area contributed by atoms with E-state index in [2.05, 4.69) is 13.8 Å². The molecular weight excluding hydrogens is 220 g/mol. The van der Waals surface area contributed by atoms with E-state index < -0.39 is 11.9 Å². The average molecular weight is 242 g/mol. The van der Waals surface area contributed by atoms with Crippen LogP contribution in [-0.2, 0) is 14.3 Å². The van der Waals surface area contributed by atoms with Gasteiger partial charge in [0.1, 0.15) is 6.10 Å². The van der Waals surface area contributed by atoms with Gasteiger partial charge in [-0.1, -0.05) is 34.6 Å². The summed E-state index contributed by atoms with van der Waals surface area (Å²) in [5, 5.41) is 8.41. The van der Waals surface area contributed by atoms with Gasteiger partial charge in [-0.3, -0.25) is 0 Å². The first kappa shape index (κ1) is 15.7. The van der Waals surface area contributed by atoms with Crippen LogP contribution in [0.15, 0.2) is 12.2 Å². The highest BCUT2D eigenvalue weighted by atomic mass is 16.5. The number of hydrogen-bond acceptors (Lipinski definition) is 3. The van der Waals surface area contributed by atoms with Gasteiger partial charge in [0.15, 0.2) is 0 Å². The van der Waals surface area contributed by atoms with Crippen molar-refractivity contribution in [2.24, 2.45) is 11.3 Å². The molecule has 1 atom stereocenters. The third-order valence-corrected chi connectivity index (χ3v) is 2.27. The van der Waals surface area contributed by atoms with Crippen molar-refractivity contribution in [3.63, 3.8) is 0 Å². The molecule has 0 spiro atoms. The fourth-order valence-corrected chi connectivity index (χ4v) is 1.33. The van der Waals surface area contributed by atoms with Gasteiger partial charge in [0.05, 0.1) is 0 Å². The molecule has 4 nitrogen and oxygen atoms in total. The lowest BCUT2D eigenvalue weighted by molar-refractivity contribution is -0.150. The number of ether oxygens (including phenoxy) is 1. The maximum absolute atomic E-state index is 11.4. The molecule has 0 aliphatic carbocycles. The molecule has 0 rings (SSSR count). The fourth-order valence-electron chi connectivity index (χ4n) is 1.33. The summed E-state index contributed by atoms with van der Waals surface area (Å²) in [6, 6.07) is 0. The number of rotatable bonds is 5. The number of hydrogen-bond donors (Lipinski definition) is 1. The molecule has 0 saturated heterocycles. The van der Waals surface area contributed by atoms with E-state index in [4.69, 9.17) is 9.84 Å². The van der Waals surface area contributed by atoms with Crippen LogP contribution in [0.25, 0.3) is 0 Å². The predicted molar refractivity (Wildman–Crippen MR) is 65.6 cm³/mol. The Morgan fingerprint density at radius 2 is 1.76 bits per heavy atom. The first-order valence-electron chi connectivity index (χ1n) is 5.74. The van der Waals surface area contributed by atoms with Gasteiger partial charge < -0.3 is 9.84 Å². The molecule has 0 aromatic rings. The van der Waals surface area contributed by atoms with Gasteiger partial charge in [0.25, 0.3) is 0 Å². The zero-order valence-electron chi connectivity index (χ0n) is 11.2. The van der Waals surface area contributed by atoms with Crippen LogP contribution in [0.1, 0.15) is 41.0 Å². The highest BCUT2D eigenvalue weighted by molar-refractivity contribution is 5.90. The molecule has 0 fully saturated rings. The number of esters is 1. The van der Waals surface area contributed by atoms with Crippen molar-refractivity contribution in [3.05, 3.63) is 12.2 Å². The minimum absolute atomic E-state index is 0.156. The number of aliphatic carboxylic acids is 1. The van der Waals surface area contributed by atoms with Crippen molar-refractivity contribution in [2.75, 3.05) is 0 Å². The molecule has 1 unspecified atom stereocenters. The van der Waals surface area contributed by atoms with Gasteiger partial charge in [-0.15, -0.1) is 0 Å². The zero-order valence-corrected chi connectivity index (χ0v) is 11.2. The summed E-state index contributed by atoms with van der Waals surface area (Å²) < 4.78 is 5.29. The monoisotopic (exact) mass is 242 g/mol. The molecule has 0 bridgehead atoms. The second-order valence-corrected chi connectivity index (χ2v) is 5.59. The van der Waals surface area contributed by atoms with E-state index in [0.29, 0.717) is 5.92 Å². The third kappa shape index (κ3) is 7.55. The van der Waals surface area contributed by atoms with Gasteiger partial charge in [0, 0.05) is 12.2 Å². The largest absolute Gasteiger partial charge is 0.478 e. The van der Waals surface area contributed by atoms with E-state index in [0.717, 1.165) is 18.6 Å². The van der Waals surface area contributed by atoms with Crippen LogP contribution in [0.4, 0.5) is 0 Å². The van der Waals surface area contributed by atoms with Gasteiger partial charge >= 0.3 is 11.9 Å². The Balaban J connectivity index is 4.54. The van der Waals surface area contributed by atoms with Crippen molar-refractivity contribution in [2.45, 2.75) is 47.1 Å². The Labute approximate surface area is 103 Å². The predicted octanol–water partition coefficient (Wildman–Crippen LogP) is 2.63. The minimum Gasteiger partial charge on any atom is -0.478 e. The summed E-state index contributed by atoms with van der Waals surface area (Å²) in [7, 11) is 0. The molecule has 17 heavy (non-hydrogen) atoms. The van der Waals surface area contributed by atoms with Crippen molar-refractivity contribution in [1.82, 2.24) is 0 Å².